The van der Waals surface area contributed by atoms with Gasteiger partial charge >= 0.3 is 18.0 Å². The van der Waals surface area contributed by atoms with Gasteiger partial charge < -0.3 is 39.8 Å². The highest BCUT2D eigenvalue weighted by molar-refractivity contribution is 5.98. The lowest BCUT2D eigenvalue weighted by Gasteiger charge is -2.39. The smallest absolute Gasteiger partial charge is 0.328 e. The number of nitrogens with zero attached hydrogens (tertiary/aromatic N) is 4. The lowest BCUT2D eigenvalue weighted by Crippen LogP contribution is -2.62. The number of hydrogen-bond donors (Lipinski definition) is 4. The van der Waals surface area contributed by atoms with Gasteiger partial charge in [-0.1, -0.05) is 37.3 Å². The molecule has 7 atom stereocenters. The number of carbonyl (C=O) groups is 7. The first kappa shape index (κ1) is 37.3. The summed E-state index contributed by atoms with van der Waals surface area (Å²) >= 11 is 0. The van der Waals surface area contributed by atoms with Crippen molar-refractivity contribution < 1.29 is 42.7 Å². The Labute approximate surface area is 306 Å². The van der Waals surface area contributed by atoms with Crippen molar-refractivity contribution in [3.63, 3.8) is 0 Å². The lowest BCUT2D eigenvalue weighted by atomic mass is 9.99. The number of urea groups is 1. The molecule has 7 amide bonds. The third-order valence-electron chi connectivity index (χ3n) is 10.3. The van der Waals surface area contributed by atoms with E-state index in [1.54, 1.807) is 37.3 Å². The molecule has 5 heterocycles. The van der Waals surface area contributed by atoms with E-state index in [2.05, 4.69) is 26.3 Å². The quantitative estimate of drug-likeness (QED) is 0.303. The second kappa shape index (κ2) is 16.5. The molecule has 0 spiro atoms. The number of benzene rings is 1. The van der Waals surface area contributed by atoms with Gasteiger partial charge in [0.2, 0.25) is 29.5 Å². The molecule has 1 aromatic heterocycles. The van der Waals surface area contributed by atoms with Crippen molar-refractivity contribution in [3.8, 4) is 0 Å². The number of hydrogen-bond acceptors (Lipinski definition) is 10. The average Bonchev–Trinajstić information content (AvgIpc) is 3.94. The molecule has 1 aromatic carbocycles. The van der Waals surface area contributed by atoms with Crippen molar-refractivity contribution in [2.24, 2.45) is 5.92 Å². The lowest BCUT2D eigenvalue weighted by molar-refractivity contribution is -0.158. The van der Waals surface area contributed by atoms with Gasteiger partial charge in [-0.3, -0.25) is 29.3 Å². The van der Waals surface area contributed by atoms with E-state index in [4.69, 9.17) is 9.15 Å². The van der Waals surface area contributed by atoms with Crippen LogP contribution in [0.1, 0.15) is 57.9 Å². The normalized spacial score (nSPS) is 27.6. The number of amides is 7. The monoisotopic (exact) mass is 734 g/mol. The summed E-state index contributed by atoms with van der Waals surface area (Å²) < 4.78 is 10.8. The number of carbonyl (C=O) groups excluding carboxylic acids is 7. The maximum absolute atomic E-state index is 14.4. The van der Waals surface area contributed by atoms with Gasteiger partial charge in [0.1, 0.15) is 49.1 Å². The summed E-state index contributed by atoms with van der Waals surface area (Å²) in [6, 6.07) is 1.65. The second-order valence-corrected chi connectivity index (χ2v) is 14.2. The van der Waals surface area contributed by atoms with E-state index in [1.165, 1.54) is 27.2 Å². The van der Waals surface area contributed by atoms with E-state index in [1.807, 2.05) is 6.92 Å². The summed E-state index contributed by atoms with van der Waals surface area (Å²) in [7, 11) is 0. The Morgan fingerprint density at radius 2 is 1.64 bits per heavy atom. The van der Waals surface area contributed by atoms with Crippen molar-refractivity contribution in [1.82, 2.24) is 35.6 Å². The number of esters is 1. The van der Waals surface area contributed by atoms with Gasteiger partial charge in [-0.05, 0) is 56.9 Å². The summed E-state index contributed by atoms with van der Waals surface area (Å²) in [6.45, 7) is 3.62. The third-order valence-corrected chi connectivity index (χ3v) is 10.3. The van der Waals surface area contributed by atoms with Crippen LogP contribution < -0.4 is 21.3 Å². The molecule has 4 aliphatic rings. The number of oxazole rings is 1. The first-order valence-corrected chi connectivity index (χ1v) is 18.2. The highest BCUT2D eigenvalue weighted by Crippen LogP contribution is 2.28. The van der Waals surface area contributed by atoms with Gasteiger partial charge in [0.15, 0.2) is 0 Å². The highest BCUT2D eigenvalue weighted by atomic mass is 16.5. The number of piperidine rings is 1. The fraction of sp³-hybridized carbons (Fsp3) is 0.556. The molecule has 284 valence electrons. The number of nitrogens with one attached hydrogen (secondary N) is 4. The minimum Gasteiger partial charge on any atom is -0.461 e. The molecule has 0 unspecified atom stereocenters. The molecule has 4 N–H and O–H groups in total. The number of rotatable bonds is 6. The van der Waals surface area contributed by atoms with E-state index in [0.29, 0.717) is 50.6 Å². The van der Waals surface area contributed by atoms with Gasteiger partial charge in [-0.2, -0.15) is 0 Å². The Balaban J connectivity index is 1.30. The van der Waals surface area contributed by atoms with E-state index in [9.17, 15) is 33.6 Å². The SMILES string of the molecule is C[C@@H]1C[C@H]2C(=O)OC[C@H](NC(=O)[C@H](Cc3ccccc3)NC(=O)Nc3ncco3)C(=O)N3CCC[C@H]3C(=O)N3CCCC[C@H]3C(=O)N[C@@H](C)C(=O)N2C1. The first-order valence-electron chi connectivity index (χ1n) is 18.2. The highest BCUT2D eigenvalue weighted by Gasteiger charge is 2.46. The van der Waals surface area contributed by atoms with E-state index in [-0.39, 0.29) is 31.4 Å². The number of cyclic esters (lactones) is 1. The van der Waals surface area contributed by atoms with Gasteiger partial charge in [0.25, 0.3) is 0 Å². The zero-order valence-electron chi connectivity index (χ0n) is 29.8. The van der Waals surface area contributed by atoms with Crippen LogP contribution in [-0.2, 0) is 39.9 Å². The molecule has 2 aromatic rings. The van der Waals surface area contributed by atoms with Crippen LogP contribution in [0.25, 0.3) is 0 Å². The topological polar surface area (TPSA) is 213 Å². The molecule has 17 nitrogen and oxygen atoms in total. The van der Waals surface area contributed by atoms with Crippen LogP contribution in [0.3, 0.4) is 0 Å². The Morgan fingerprint density at radius 1 is 0.906 bits per heavy atom. The van der Waals surface area contributed by atoms with Crippen LogP contribution in [0.15, 0.2) is 47.2 Å². The summed E-state index contributed by atoms with van der Waals surface area (Å²) in [6.07, 6.45) is 5.54. The predicted octanol–water partition coefficient (Wildman–Crippen LogP) is 0.563. The van der Waals surface area contributed by atoms with Gasteiger partial charge in [0, 0.05) is 26.1 Å². The van der Waals surface area contributed by atoms with Crippen molar-refractivity contribution in [2.45, 2.75) is 95.0 Å². The number of ether oxygens (including phenoxy) is 1. The molecule has 0 radical (unpaired) electrons. The first-order chi connectivity index (χ1) is 25.5. The largest absolute Gasteiger partial charge is 0.461 e. The Kier molecular flexibility index (Phi) is 11.6. The van der Waals surface area contributed by atoms with Gasteiger partial charge in [-0.25, -0.2) is 14.6 Å². The van der Waals surface area contributed by atoms with Crippen LogP contribution in [0.2, 0.25) is 0 Å². The van der Waals surface area contributed by atoms with Gasteiger partial charge in [-0.15, -0.1) is 0 Å². The maximum Gasteiger partial charge on any atom is 0.328 e. The molecule has 0 saturated carbocycles. The minimum absolute atomic E-state index is 0.0326. The van der Waals surface area contributed by atoms with Crippen molar-refractivity contribution in [1.29, 1.82) is 0 Å². The molecular formula is C36H46N8O9. The van der Waals surface area contributed by atoms with E-state index < -0.39 is 84.4 Å². The van der Waals surface area contributed by atoms with E-state index in [0.717, 1.165) is 0 Å². The number of anilines is 1. The van der Waals surface area contributed by atoms with Crippen LogP contribution in [0.5, 0.6) is 0 Å². The number of aromatic nitrogens is 1. The van der Waals surface area contributed by atoms with Crippen LogP contribution in [-0.4, -0.2) is 124 Å². The van der Waals surface area contributed by atoms with Crippen LogP contribution in [0, 0.1) is 5.92 Å². The Morgan fingerprint density at radius 3 is 2.40 bits per heavy atom. The second-order valence-electron chi connectivity index (χ2n) is 14.2. The summed E-state index contributed by atoms with van der Waals surface area (Å²) in [4.78, 5) is 105. The van der Waals surface area contributed by atoms with Crippen molar-refractivity contribution in [2.75, 3.05) is 31.6 Å². The molecule has 6 rings (SSSR count). The minimum atomic E-state index is -1.45. The van der Waals surface area contributed by atoms with Crippen LogP contribution in [0.4, 0.5) is 10.8 Å². The van der Waals surface area contributed by atoms with Crippen molar-refractivity contribution >= 4 is 47.6 Å². The molecule has 4 fully saturated rings. The molecule has 0 bridgehead atoms. The van der Waals surface area contributed by atoms with E-state index >= 15 is 0 Å². The molecular weight excluding hydrogens is 688 g/mol. The number of fused-ring (bicyclic) bond motifs is 3. The summed E-state index contributed by atoms with van der Waals surface area (Å²) in [5.74, 6) is -3.57. The van der Waals surface area contributed by atoms with Crippen LogP contribution >= 0.6 is 0 Å². The molecule has 17 heteroatoms. The molecule has 0 aliphatic carbocycles. The standard InChI is InChI=1S/C36H46N8O9/c1-21-17-28-34(50)53-20-25(39-29(45)24(18-23-9-4-3-5-10-23)40-35(51)41-36-37-13-16-52-36)32(48)43-15-8-12-27(43)33(49)42-14-7-6-11-26(42)30(46)38-22(2)31(47)44(28)19-21/h3-5,9-10,13,16,21-22,24-28H,6-8,11-12,14-15,17-20H2,1-2H3,(H,38,46)(H,39,45)(H2,37,40,41,51)/t21-,22+,24+,25+,26+,27+,28+/m1/s1. The van der Waals surface area contributed by atoms with Gasteiger partial charge in [0.05, 0.1) is 6.20 Å². The average molecular weight is 735 g/mol. The van der Waals surface area contributed by atoms with Crippen molar-refractivity contribution in [3.05, 3.63) is 48.4 Å². The zero-order valence-corrected chi connectivity index (χ0v) is 29.8. The zero-order chi connectivity index (χ0) is 37.6. The fourth-order valence-corrected chi connectivity index (χ4v) is 7.62. The Hall–Kier alpha value is -5.48. The molecule has 4 saturated heterocycles. The predicted molar refractivity (Wildman–Crippen MR) is 186 cm³/mol. The third kappa shape index (κ3) is 8.60. The maximum atomic E-state index is 14.4. The molecule has 53 heavy (non-hydrogen) atoms. The Bertz CT molecular complexity index is 1690. The summed E-state index contributed by atoms with van der Waals surface area (Å²) in [5, 5.41) is 10.5. The molecule has 4 aliphatic heterocycles. The summed E-state index contributed by atoms with van der Waals surface area (Å²) in [5.41, 5.74) is 0.708. The fourth-order valence-electron chi connectivity index (χ4n) is 7.62.